The third kappa shape index (κ3) is 4.18. The Bertz CT molecular complexity index is 635. The fourth-order valence-corrected chi connectivity index (χ4v) is 2.58. The first-order valence-corrected chi connectivity index (χ1v) is 7.91. The Hall–Kier alpha value is -1.61. The lowest BCUT2D eigenvalue weighted by molar-refractivity contribution is 0.0992. The Morgan fingerprint density at radius 2 is 1.95 bits per heavy atom. The summed E-state index contributed by atoms with van der Waals surface area (Å²) in [5.74, 6) is 0.899. The number of rotatable bonds is 6. The number of halogens is 1. The molecule has 0 amide bonds. The summed E-state index contributed by atoms with van der Waals surface area (Å²) in [6.45, 7) is 4.77. The van der Waals surface area contributed by atoms with Gasteiger partial charge in [0.2, 0.25) is 0 Å². The molecule has 0 spiro atoms. The maximum absolute atomic E-state index is 12.4. The quantitative estimate of drug-likeness (QED) is 0.690. The molecule has 0 unspecified atom stereocenters. The Morgan fingerprint density at radius 1 is 1.19 bits per heavy atom. The average molecular weight is 347 g/mol. The standard InChI is InChI=1S/C18H19BrO2/c1-3-10-21-18-9-8-15(11-16(18)19)17(20)12-14-7-5-4-6-13(14)2/h4-9,11H,3,10,12H2,1-2H3. The Balaban J connectivity index is 2.13. The molecule has 0 saturated heterocycles. The van der Waals surface area contributed by atoms with Crippen molar-refractivity contribution in [3.63, 3.8) is 0 Å². The second kappa shape index (κ2) is 7.41. The van der Waals surface area contributed by atoms with Crippen molar-refractivity contribution in [3.05, 3.63) is 63.6 Å². The number of aryl methyl sites for hydroxylation is 1. The van der Waals surface area contributed by atoms with E-state index in [1.807, 2.05) is 49.4 Å². The van der Waals surface area contributed by atoms with E-state index < -0.39 is 0 Å². The highest BCUT2D eigenvalue weighted by Crippen LogP contribution is 2.27. The van der Waals surface area contributed by atoms with Crippen molar-refractivity contribution in [2.75, 3.05) is 6.61 Å². The van der Waals surface area contributed by atoms with Crippen LogP contribution in [-0.2, 0) is 6.42 Å². The average Bonchev–Trinajstić information content (AvgIpc) is 2.48. The van der Waals surface area contributed by atoms with E-state index >= 15 is 0 Å². The first kappa shape index (κ1) is 15.8. The van der Waals surface area contributed by atoms with Crippen LogP contribution in [-0.4, -0.2) is 12.4 Å². The van der Waals surface area contributed by atoms with E-state index in [0.717, 1.165) is 27.8 Å². The van der Waals surface area contributed by atoms with Gasteiger partial charge in [0.05, 0.1) is 11.1 Å². The van der Waals surface area contributed by atoms with Gasteiger partial charge in [-0.05, 0) is 58.6 Å². The van der Waals surface area contributed by atoms with Crippen LogP contribution in [0.1, 0.15) is 34.8 Å². The number of ketones is 1. The zero-order chi connectivity index (χ0) is 15.2. The van der Waals surface area contributed by atoms with Crippen LogP contribution in [0.2, 0.25) is 0 Å². The molecule has 0 saturated carbocycles. The number of Topliss-reactive ketones (excluding diaryl/α,β-unsaturated/α-hetero) is 1. The highest BCUT2D eigenvalue weighted by atomic mass is 79.9. The predicted octanol–water partition coefficient (Wildman–Crippen LogP) is 4.97. The maximum atomic E-state index is 12.4. The lowest BCUT2D eigenvalue weighted by Crippen LogP contribution is -2.05. The van der Waals surface area contributed by atoms with Gasteiger partial charge in [-0.3, -0.25) is 4.79 Å². The summed E-state index contributed by atoms with van der Waals surface area (Å²) in [5.41, 5.74) is 2.92. The Labute approximate surface area is 134 Å². The van der Waals surface area contributed by atoms with Gasteiger partial charge in [-0.15, -0.1) is 0 Å². The summed E-state index contributed by atoms with van der Waals surface area (Å²) in [6, 6.07) is 13.5. The summed E-state index contributed by atoms with van der Waals surface area (Å²) < 4.78 is 6.43. The maximum Gasteiger partial charge on any atom is 0.167 e. The van der Waals surface area contributed by atoms with Crippen molar-refractivity contribution in [2.24, 2.45) is 0 Å². The summed E-state index contributed by atoms with van der Waals surface area (Å²) in [6.07, 6.45) is 1.38. The van der Waals surface area contributed by atoms with Gasteiger partial charge in [-0.2, -0.15) is 0 Å². The monoisotopic (exact) mass is 346 g/mol. The van der Waals surface area contributed by atoms with Crippen molar-refractivity contribution < 1.29 is 9.53 Å². The number of carbonyl (C=O) groups excluding carboxylic acids is 1. The van der Waals surface area contributed by atoms with Crippen LogP contribution in [0, 0.1) is 6.92 Å². The SMILES string of the molecule is CCCOc1ccc(C(=O)Cc2ccccc2C)cc1Br. The van der Waals surface area contributed by atoms with Gasteiger partial charge in [0.25, 0.3) is 0 Å². The van der Waals surface area contributed by atoms with Gasteiger partial charge >= 0.3 is 0 Å². The summed E-state index contributed by atoms with van der Waals surface area (Å²) >= 11 is 3.47. The first-order chi connectivity index (χ1) is 10.1. The highest BCUT2D eigenvalue weighted by molar-refractivity contribution is 9.10. The normalized spacial score (nSPS) is 10.4. The Kier molecular flexibility index (Phi) is 5.57. The number of carbonyl (C=O) groups is 1. The highest BCUT2D eigenvalue weighted by Gasteiger charge is 2.11. The summed E-state index contributed by atoms with van der Waals surface area (Å²) in [7, 11) is 0. The van der Waals surface area contributed by atoms with Crippen LogP contribution in [0.5, 0.6) is 5.75 Å². The number of ether oxygens (including phenoxy) is 1. The summed E-state index contributed by atoms with van der Waals surface area (Å²) in [4.78, 5) is 12.4. The smallest absolute Gasteiger partial charge is 0.167 e. The third-order valence-corrected chi connectivity index (χ3v) is 3.95. The third-order valence-electron chi connectivity index (χ3n) is 3.33. The lowest BCUT2D eigenvalue weighted by Gasteiger charge is -2.09. The van der Waals surface area contributed by atoms with Crippen molar-refractivity contribution in [2.45, 2.75) is 26.7 Å². The molecule has 2 aromatic rings. The van der Waals surface area contributed by atoms with Gasteiger partial charge in [0, 0.05) is 12.0 Å². The van der Waals surface area contributed by atoms with E-state index in [-0.39, 0.29) is 5.78 Å². The minimum atomic E-state index is 0.118. The van der Waals surface area contributed by atoms with E-state index in [9.17, 15) is 4.79 Å². The molecule has 0 aliphatic rings. The molecule has 0 aliphatic carbocycles. The van der Waals surface area contributed by atoms with Crippen LogP contribution in [0.4, 0.5) is 0 Å². The molecule has 0 N–H and O–H groups in total. The van der Waals surface area contributed by atoms with Crippen LogP contribution in [0.25, 0.3) is 0 Å². The van der Waals surface area contributed by atoms with E-state index in [2.05, 4.69) is 22.9 Å². The molecule has 0 fully saturated rings. The second-order valence-corrected chi connectivity index (χ2v) is 5.87. The molecule has 0 radical (unpaired) electrons. The molecular weight excluding hydrogens is 328 g/mol. The van der Waals surface area contributed by atoms with Crippen molar-refractivity contribution in [3.8, 4) is 5.75 Å². The van der Waals surface area contributed by atoms with E-state index in [4.69, 9.17) is 4.74 Å². The largest absolute Gasteiger partial charge is 0.492 e. The van der Waals surface area contributed by atoms with Gasteiger partial charge in [-0.1, -0.05) is 31.2 Å². The molecule has 2 aromatic carbocycles. The molecule has 0 bridgehead atoms. The molecule has 0 atom stereocenters. The minimum absolute atomic E-state index is 0.118. The Morgan fingerprint density at radius 3 is 2.62 bits per heavy atom. The van der Waals surface area contributed by atoms with Crippen LogP contribution in [0.15, 0.2) is 46.9 Å². The minimum Gasteiger partial charge on any atom is -0.492 e. The number of hydrogen-bond acceptors (Lipinski definition) is 2. The fraction of sp³-hybridized carbons (Fsp3) is 0.278. The van der Waals surface area contributed by atoms with E-state index in [0.29, 0.717) is 18.6 Å². The van der Waals surface area contributed by atoms with E-state index in [1.165, 1.54) is 0 Å². The van der Waals surface area contributed by atoms with Gasteiger partial charge in [-0.25, -0.2) is 0 Å². The molecule has 21 heavy (non-hydrogen) atoms. The summed E-state index contributed by atoms with van der Waals surface area (Å²) in [5, 5.41) is 0. The van der Waals surface area contributed by atoms with Gasteiger partial charge in [0.1, 0.15) is 5.75 Å². The molecule has 2 rings (SSSR count). The molecule has 2 nitrogen and oxygen atoms in total. The van der Waals surface area contributed by atoms with Gasteiger partial charge in [0.15, 0.2) is 5.78 Å². The number of benzene rings is 2. The zero-order valence-corrected chi connectivity index (χ0v) is 13.9. The lowest BCUT2D eigenvalue weighted by atomic mass is 9.99. The first-order valence-electron chi connectivity index (χ1n) is 7.12. The molecule has 0 aliphatic heterocycles. The fourth-order valence-electron chi connectivity index (χ4n) is 2.09. The number of hydrogen-bond donors (Lipinski definition) is 0. The molecule has 0 aromatic heterocycles. The van der Waals surface area contributed by atoms with Crippen LogP contribution >= 0.6 is 15.9 Å². The topological polar surface area (TPSA) is 26.3 Å². The van der Waals surface area contributed by atoms with Crippen LogP contribution < -0.4 is 4.74 Å². The van der Waals surface area contributed by atoms with Crippen molar-refractivity contribution in [1.29, 1.82) is 0 Å². The van der Waals surface area contributed by atoms with Crippen molar-refractivity contribution >= 4 is 21.7 Å². The molecule has 0 heterocycles. The zero-order valence-electron chi connectivity index (χ0n) is 12.4. The molecular formula is C18H19BrO2. The van der Waals surface area contributed by atoms with E-state index in [1.54, 1.807) is 0 Å². The molecule has 3 heteroatoms. The molecule has 110 valence electrons. The predicted molar refractivity (Wildman–Crippen MR) is 89.1 cm³/mol. The van der Waals surface area contributed by atoms with Gasteiger partial charge < -0.3 is 4.74 Å². The van der Waals surface area contributed by atoms with Crippen LogP contribution in [0.3, 0.4) is 0 Å². The van der Waals surface area contributed by atoms with Crippen molar-refractivity contribution in [1.82, 2.24) is 0 Å². The second-order valence-electron chi connectivity index (χ2n) is 5.02.